The Morgan fingerprint density at radius 2 is 2.12 bits per heavy atom. The summed E-state index contributed by atoms with van der Waals surface area (Å²) in [5.41, 5.74) is -0.935. The van der Waals surface area contributed by atoms with Crippen molar-refractivity contribution in [2.24, 2.45) is 0 Å². The van der Waals surface area contributed by atoms with Crippen molar-refractivity contribution in [3.8, 4) is 0 Å². The van der Waals surface area contributed by atoms with Crippen LogP contribution in [0.3, 0.4) is 0 Å². The zero-order chi connectivity index (χ0) is 12.3. The highest BCUT2D eigenvalue weighted by Crippen LogP contribution is 2.07. The molecule has 0 aliphatic heterocycles. The Morgan fingerprint density at radius 3 is 2.62 bits per heavy atom. The van der Waals surface area contributed by atoms with Gasteiger partial charge in [0, 0.05) is 12.2 Å². The maximum Gasteiger partial charge on any atom is 0.328 e. The van der Waals surface area contributed by atoms with Gasteiger partial charge in [-0.15, -0.1) is 0 Å². The van der Waals surface area contributed by atoms with E-state index in [9.17, 15) is 14.4 Å². The second-order valence-corrected chi connectivity index (χ2v) is 3.88. The fourth-order valence-electron chi connectivity index (χ4n) is 1.69. The number of nitrogens with zero attached hydrogens (tertiary/aromatic N) is 1. The normalized spacial score (nSPS) is 12.4. The topological polar surface area (TPSA) is 71.9 Å². The molecule has 0 saturated carbocycles. The molecule has 0 saturated heterocycles. The summed E-state index contributed by atoms with van der Waals surface area (Å²) >= 11 is 0. The fourth-order valence-corrected chi connectivity index (χ4v) is 1.69. The van der Waals surface area contributed by atoms with Crippen molar-refractivity contribution in [3.63, 3.8) is 0 Å². The number of hydrogen-bond donors (Lipinski definition) is 1. The van der Waals surface area contributed by atoms with Gasteiger partial charge in [-0.2, -0.15) is 0 Å². The van der Waals surface area contributed by atoms with E-state index in [0.717, 1.165) is 17.4 Å². The Labute approximate surface area is 93.1 Å². The highest BCUT2D eigenvalue weighted by Gasteiger charge is 2.14. The van der Waals surface area contributed by atoms with Gasteiger partial charge in [0.05, 0.1) is 5.56 Å². The number of carbonyl (C=O) groups is 1. The molecular formula is C11H16N2O3. The van der Waals surface area contributed by atoms with Gasteiger partial charge in [0.2, 0.25) is 0 Å². The first-order chi connectivity index (χ1) is 7.49. The SMILES string of the molecule is CCCC(C)n1c(=O)[nH]cc(C(C)=O)c1=O. The van der Waals surface area contributed by atoms with Crippen LogP contribution in [0.5, 0.6) is 0 Å². The summed E-state index contributed by atoms with van der Waals surface area (Å²) in [4.78, 5) is 37.0. The predicted molar refractivity (Wildman–Crippen MR) is 60.9 cm³/mol. The molecule has 0 aromatic carbocycles. The first kappa shape index (κ1) is 12.4. The van der Waals surface area contributed by atoms with Crippen molar-refractivity contribution in [1.29, 1.82) is 0 Å². The van der Waals surface area contributed by atoms with Gasteiger partial charge in [-0.25, -0.2) is 4.79 Å². The van der Waals surface area contributed by atoms with E-state index in [-0.39, 0.29) is 17.4 Å². The third-order valence-corrected chi connectivity index (χ3v) is 2.53. The summed E-state index contributed by atoms with van der Waals surface area (Å²) < 4.78 is 1.11. The minimum Gasteiger partial charge on any atom is -0.313 e. The van der Waals surface area contributed by atoms with Gasteiger partial charge in [-0.1, -0.05) is 13.3 Å². The number of ketones is 1. The molecular weight excluding hydrogens is 208 g/mol. The first-order valence-electron chi connectivity index (χ1n) is 5.34. The van der Waals surface area contributed by atoms with E-state index in [1.807, 2.05) is 6.92 Å². The summed E-state index contributed by atoms with van der Waals surface area (Å²) in [6.45, 7) is 5.08. The Morgan fingerprint density at radius 1 is 1.50 bits per heavy atom. The van der Waals surface area contributed by atoms with Gasteiger partial charge in [-0.3, -0.25) is 14.2 Å². The van der Waals surface area contributed by atoms with Gasteiger partial charge in [0.25, 0.3) is 5.56 Å². The molecule has 1 unspecified atom stereocenters. The van der Waals surface area contributed by atoms with Crippen LogP contribution in [0.1, 0.15) is 50.0 Å². The van der Waals surface area contributed by atoms with Gasteiger partial charge in [0.15, 0.2) is 5.78 Å². The van der Waals surface area contributed by atoms with E-state index >= 15 is 0 Å². The molecule has 5 heteroatoms. The summed E-state index contributed by atoms with van der Waals surface area (Å²) in [5.74, 6) is -0.335. The lowest BCUT2D eigenvalue weighted by Gasteiger charge is -2.13. The fraction of sp³-hybridized carbons (Fsp3) is 0.545. The van der Waals surface area contributed by atoms with Gasteiger partial charge in [0.1, 0.15) is 0 Å². The third-order valence-electron chi connectivity index (χ3n) is 2.53. The number of hydrogen-bond acceptors (Lipinski definition) is 3. The lowest BCUT2D eigenvalue weighted by atomic mass is 10.2. The highest BCUT2D eigenvalue weighted by molar-refractivity contribution is 5.93. The third kappa shape index (κ3) is 2.29. The molecule has 1 rings (SSSR count). The van der Waals surface area contributed by atoms with Crippen LogP contribution >= 0.6 is 0 Å². The van der Waals surface area contributed by atoms with Crippen LogP contribution in [0.2, 0.25) is 0 Å². The molecule has 0 amide bonds. The molecule has 0 radical (unpaired) electrons. The Balaban J connectivity index is 3.38. The highest BCUT2D eigenvalue weighted by atomic mass is 16.2. The van der Waals surface area contributed by atoms with Gasteiger partial charge >= 0.3 is 5.69 Å². The van der Waals surface area contributed by atoms with Crippen LogP contribution in [0.25, 0.3) is 0 Å². The molecule has 1 aromatic rings. The molecule has 0 bridgehead atoms. The molecule has 88 valence electrons. The molecule has 1 atom stereocenters. The van der Waals surface area contributed by atoms with Crippen LogP contribution < -0.4 is 11.2 Å². The molecule has 1 N–H and O–H groups in total. The van der Waals surface area contributed by atoms with Crippen molar-refractivity contribution < 1.29 is 4.79 Å². The van der Waals surface area contributed by atoms with Gasteiger partial charge in [-0.05, 0) is 20.3 Å². The number of nitrogens with one attached hydrogen (secondary N) is 1. The van der Waals surface area contributed by atoms with Crippen molar-refractivity contribution >= 4 is 5.78 Å². The Bertz CT molecular complexity index is 499. The second kappa shape index (κ2) is 4.92. The monoisotopic (exact) mass is 224 g/mol. The zero-order valence-corrected chi connectivity index (χ0v) is 9.74. The summed E-state index contributed by atoms with van der Waals surface area (Å²) in [6.07, 6.45) is 2.78. The molecule has 0 aliphatic rings. The summed E-state index contributed by atoms with van der Waals surface area (Å²) in [5, 5.41) is 0. The van der Waals surface area contributed by atoms with Gasteiger partial charge < -0.3 is 4.98 Å². The van der Waals surface area contributed by atoms with E-state index < -0.39 is 11.2 Å². The van der Waals surface area contributed by atoms with Crippen LogP contribution in [-0.4, -0.2) is 15.3 Å². The summed E-state index contributed by atoms with van der Waals surface area (Å²) in [6, 6.07) is -0.194. The van der Waals surface area contributed by atoms with E-state index in [4.69, 9.17) is 0 Å². The van der Waals surface area contributed by atoms with Crippen LogP contribution in [0.15, 0.2) is 15.8 Å². The van der Waals surface area contributed by atoms with E-state index in [2.05, 4.69) is 4.98 Å². The maximum atomic E-state index is 11.9. The smallest absolute Gasteiger partial charge is 0.313 e. The summed E-state index contributed by atoms with van der Waals surface area (Å²) in [7, 11) is 0. The Kier molecular flexibility index (Phi) is 3.82. The number of rotatable bonds is 4. The molecule has 0 aliphatic carbocycles. The van der Waals surface area contributed by atoms with E-state index in [0.29, 0.717) is 0 Å². The molecule has 1 aromatic heterocycles. The lowest BCUT2D eigenvalue weighted by molar-refractivity contribution is 0.101. The zero-order valence-electron chi connectivity index (χ0n) is 9.74. The minimum absolute atomic E-state index is 0.0301. The molecule has 0 fully saturated rings. The first-order valence-corrected chi connectivity index (χ1v) is 5.34. The van der Waals surface area contributed by atoms with Crippen LogP contribution in [0.4, 0.5) is 0 Å². The van der Waals surface area contributed by atoms with E-state index in [1.165, 1.54) is 13.1 Å². The van der Waals surface area contributed by atoms with E-state index in [1.54, 1.807) is 6.92 Å². The quantitative estimate of drug-likeness (QED) is 0.778. The average Bonchev–Trinajstić information content (AvgIpc) is 2.17. The average molecular weight is 224 g/mol. The lowest BCUT2D eigenvalue weighted by Crippen LogP contribution is -2.39. The minimum atomic E-state index is -0.503. The standard InChI is InChI=1S/C11H16N2O3/c1-4-5-7(2)13-10(15)9(8(3)14)6-12-11(13)16/h6-7H,4-5H2,1-3H3,(H,12,16). The van der Waals surface area contributed by atoms with Crippen molar-refractivity contribution in [3.05, 3.63) is 32.6 Å². The number of Topliss-reactive ketones (excluding diaryl/α,β-unsaturated/α-hetero) is 1. The Hall–Kier alpha value is -1.65. The van der Waals surface area contributed by atoms with Crippen LogP contribution in [0, 0.1) is 0 Å². The number of aromatic amines is 1. The second-order valence-electron chi connectivity index (χ2n) is 3.88. The number of carbonyl (C=O) groups excluding carboxylic acids is 1. The maximum absolute atomic E-state index is 11.9. The number of aromatic nitrogens is 2. The number of H-pyrrole nitrogens is 1. The van der Waals surface area contributed by atoms with Crippen molar-refractivity contribution in [2.45, 2.75) is 39.7 Å². The van der Waals surface area contributed by atoms with Crippen LogP contribution in [-0.2, 0) is 0 Å². The van der Waals surface area contributed by atoms with Crippen molar-refractivity contribution in [2.75, 3.05) is 0 Å². The molecule has 1 heterocycles. The molecule has 0 spiro atoms. The molecule has 5 nitrogen and oxygen atoms in total. The largest absolute Gasteiger partial charge is 0.328 e. The van der Waals surface area contributed by atoms with Crippen molar-refractivity contribution in [1.82, 2.24) is 9.55 Å². The predicted octanol–water partition coefficient (Wildman–Crippen LogP) is 1.10. The molecule has 16 heavy (non-hydrogen) atoms.